The summed E-state index contributed by atoms with van der Waals surface area (Å²) in [5.74, 6) is -0.0643. The molecule has 0 aromatic heterocycles. The maximum absolute atomic E-state index is 12.6. The molecule has 6 heteroatoms. The highest BCUT2D eigenvalue weighted by molar-refractivity contribution is 5.71. The fourth-order valence-electron chi connectivity index (χ4n) is 6.45. The van der Waals surface area contributed by atoms with E-state index in [4.69, 9.17) is 14.2 Å². The van der Waals surface area contributed by atoms with Crippen LogP contribution in [0.5, 0.6) is 0 Å². The van der Waals surface area contributed by atoms with Crippen molar-refractivity contribution in [2.45, 2.75) is 246 Å². The normalized spacial score (nSPS) is 11.9. The first-order valence-corrected chi connectivity index (χ1v) is 21.9. The third-order valence-electron chi connectivity index (χ3n) is 9.79. The minimum absolute atomic E-state index is 0.0644. The van der Waals surface area contributed by atoms with Crippen LogP contribution in [0.4, 0.5) is 0 Å². The molecule has 0 aliphatic carbocycles. The predicted octanol–water partition coefficient (Wildman–Crippen LogP) is 13.6. The van der Waals surface area contributed by atoms with Gasteiger partial charge in [0.2, 0.25) is 0 Å². The van der Waals surface area contributed by atoms with Crippen LogP contribution in [0.15, 0.2) is 0 Å². The second-order valence-electron chi connectivity index (χ2n) is 15.5. The average Bonchev–Trinajstić information content (AvgIpc) is 3.09. The lowest BCUT2D eigenvalue weighted by molar-refractivity contribution is -0.167. The number of hydrogen-bond acceptors (Lipinski definition) is 6. The molecular weight excluding hydrogens is 624 g/mol. The van der Waals surface area contributed by atoms with Crippen LogP contribution in [-0.2, 0) is 28.6 Å². The predicted molar refractivity (Wildman–Crippen MR) is 210 cm³/mol. The summed E-state index contributed by atoms with van der Waals surface area (Å²) in [7, 11) is 0. The minimum Gasteiger partial charge on any atom is -0.462 e. The van der Waals surface area contributed by atoms with Crippen LogP contribution in [0.3, 0.4) is 0 Å². The molecule has 0 heterocycles. The Bertz CT molecular complexity index is 751. The van der Waals surface area contributed by atoms with Gasteiger partial charge in [0.15, 0.2) is 6.10 Å². The number of carbonyl (C=O) groups is 3. The zero-order valence-corrected chi connectivity index (χ0v) is 33.9. The number of unbranched alkanes of at least 4 members (excludes halogenated alkanes) is 26. The summed E-state index contributed by atoms with van der Waals surface area (Å²) in [4.78, 5) is 37.6. The third-order valence-corrected chi connectivity index (χ3v) is 9.79. The highest BCUT2D eigenvalue weighted by atomic mass is 16.6. The van der Waals surface area contributed by atoms with Crippen molar-refractivity contribution >= 4 is 17.9 Å². The number of ether oxygens (including phenoxy) is 3. The summed E-state index contributed by atoms with van der Waals surface area (Å²) < 4.78 is 16.7. The molecule has 0 radical (unpaired) electrons. The summed E-state index contributed by atoms with van der Waals surface area (Å²) in [6, 6.07) is 0. The number of carbonyl (C=O) groups excluding carboxylic acids is 3. The first-order valence-electron chi connectivity index (χ1n) is 21.9. The lowest BCUT2D eigenvalue weighted by Gasteiger charge is -2.18. The molecule has 0 fully saturated rings. The van der Waals surface area contributed by atoms with Crippen LogP contribution in [-0.4, -0.2) is 37.2 Å². The highest BCUT2D eigenvalue weighted by Gasteiger charge is 2.19. The van der Waals surface area contributed by atoms with Gasteiger partial charge >= 0.3 is 17.9 Å². The van der Waals surface area contributed by atoms with Gasteiger partial charge in [0.05, 0.1) is 0 Å². The van der Waals surface area contributed by atoms with Crippen LogP contribution in [0.25, 0.3) is 0 Å². The molecule has 1 atom stereocenters. The molecular formula is C44H84O6. The van der Waals surface area contributed by atoms with Crippen LogP contribution >= 0.6 is 0 Å². The molecule has 0 bridgehead atoms. The average molecular weight is 709 g/mol. The molecule has 0 rings (SSSR count). The molecule has 0 unspecified atom stereocenters. The number of rotatable bonds is 39. The van der Waals surface area contributed by atoms with E-state index >= 15 is 0 Å². The quantitative estimate of drug-likeness (QED) is 0.0359. The number of hydrogen-bond donors (Lipinski definition) is 0. The fraction of sp³-hybridized carbons (Fsp3) is 0.932. The van der Waals surface area contributed by atoms with E-state index < -0.39 is 6.10 Å². The maximum Gasteiger partial charge on any atom is 0.306 e. The zero-order valence-electron chi connectivity index (χ0n) is 33.9. The number of esters is 3. The van der Waals surface area contributed by atoms with Crippen molar-refractivity contribution in [3.63, 3.8) is 0 Å². The molecule has 0 amide bonds. The minimum atomic E-state index is -0.758. The first-order chi connectivity index (χ1) is 24.4. The SMILES string of the molecule is CCCCCCCCCCCCCCC(=O)OC[C@@H](COC(=O)CCCCCCCCCCC(C)C)OC(=O)CCCCCCCCCCC. The van der Waals surface area contributed by atoms with Crippen molar-refractivity contribution in [2.24, 2.45) is 5.92 Å². The smallest absolute Gasteiger partial charge is 0.306 e. The van der Waals surface area contributed by atoms with Gasteiger partial charge < -0.3 is 14.2 Å². The van der Waals surface area contributed by atoms with Crippen molar-refractivity contribution in [3.05, 3.63) is 0 Å². The maximum atomic E-state index is 12.6. The first kappa shape index (κ1) is 48.4. The lowest BCUT2D eigenvalue weighted by Crippen LogP contribution is -2.30. The van der Waals surface area contributed by atoms with E-state index in [0.717, 1.165) is 63.7 Å². The molecule has 0 aliphatic rings. The van der Waals surface area contributed by atoms with E-state index in [2.05, 4.69) is 27.7 Å². The standard InChI is InChI=1S/C44H84O6/c1-5-7-9-11-13-15-16-17-19-23-27-31-35-42(45)48-38-41(50-44(47)37-33-29-25-18-14-12-10-8-6-2)39-49-43(46)36-32-28-24-21-20-22-26-30-34-40(3)4/h40-41H,5-39H2,1-4H3/t41-/m0/s1. The monoisotopic (exact) mass is 709 g/mol. The summed E-state index contributed by atoms with van der Waals surface area (Å²) in [5, 5.41) is 0. The Morgan fingerprint density at radius 1 is 0.380 bits per heavy atom. The van der Waals surface area contributed by atoms with E-state index in [0.29, 0.717) is 19.3 Å². The summed E-state index contributed by atoms with van der Waals surface area (Å²) in [6.45, 7) is 8.93. The van der Waals surface area contributed by atoms with Crippen molar-refractivity contribution in [1.29, 1.82) is 0 Å². The van der Waals surface area contributed by atoms with Crippen molar-refractivity contribution in [1.82, 2.24) is 0 Å². The van der Waals surface area contributed by atoms with Crippen molar-refractivity contribution < 1.29 is 28.6 Å². The summed E-state index contributed by atoms with van der Waals surface area (Å²) >= 11 is 0. The molecule has 0 aliphatic heterocycles. The summed E-state index contributed by atoms with van der Waals surface area (Å²) in [5.41, 5.74) is 0. The topological polar surface area (TPSA) is 78.9 Å². The molecule has 0 saturated heterocycles. The molecule has 296 valence electrons. The Balaban J connectivity index is 4.32. The molecule has 0 saturated carbocycles. The van der Waals surface area contributed by atoms with E-state index in [-0.39, 0.29) is 31.1 Å². The molecule has 6 nitrogen and oxygen atoms in total. The van der Waals surface area contributed by atoms with Gasteiger partial charge in [0, 0.05) is 19.3 Å². The Hall–Kier alpha value is -1.59. The van der Waals surface area contributed by atoms with E-state index in [9.17, 15) is 14.4 Å². The second kappa shape index (κ2) is 38.6. The van der Waals surface area contributed by atoms with Gasteiger partial charge in [-0.25, -0.2) is 0 Å². The van der Waals surface area contributed by atoms with Gasteiger partial charge in [-0.3, -0.25) is 14.4 Å². The third kappa shape index (κ3) is 37.7. The van der Waals surface area contributed by atoms with E-state index in [1.54, 1.807) is 0 Å². The highest BCUT2D eigenvalue weighted by Crippen LogP contribution is 2.16. The largest absolute Gasteiger partial charge is 0.462 e. The van der Waals surface area contributed by atoms with Crippen LogP contribution in [0.2, 0.25) is 0 Å². The zero-order chi connectivity index (χ0) is 36.8. The van der Waals surface area contributed by atoms with E-state index in [1.807, 2.05) is 0 Å². The summed E-state index contributed by atoms with van der Waals surface area (Å²) in [6.07, 6.45) is 36.6. The molecule has 0 spiro atoms. The van der Waals surface area contributed by atoms with Gasteiger partial charge in [-0.05, 0) is 25.2 Å². The Morgan fingerprint density at radius 3 is 0.980 bits per heavy atom. The molecule has 50 heavy (non-hydrogen) atoms. The Kier molecular flexibility index (Phi) is 37.4. The van der Waals surface area contributed by atoms with Gasteiger partial charge in [0.25, 0.3) is 0 Å². The molecule has 0 N–H and O–H groups in total. The van der Waals surface area contributed by atoms with Crippen molar-refractivity contribution in [2.75, 3.05) is 13.2 Å². The van der Waals surface area contributed by atoms with Crippen molar-refractivity contribution in [3.8, 4) is 0 Å². The Labute approximate surface area is 310 Å². The van der Waals surface area contributed by atoms with Gasteiger partial charge in [-0.1, -0.05) is 201 Å². The van der Waals surface area contributed by atoms with Gasteiger partial charge in [0.1, 0.15) is 13.2 Å². The molecule has 0 aromatic carbocycles. The second-order valence-corrected chi connectivity index (χ2v) is 15.5. The lowest BCUT2D eigenvalue weighted by atomic mass is 10.0. The van der Waals surface area contributed by atoms with Gasteiger partial charge in [-0.2, -0.15) is 0 Å². The van der Waals surface area contributed by atoms with Crippen LogP contribution < -0.4 is 0 Å². The van der Waals surface area contributed by atoms with Crippen LogP contribution in [0, 0.1) is 5.92 Å². The van der Waals surface area contributed by atoms with E-state index in [1.165, 1.54) is 135 Å². The molecule has 0 aromatic rings. The van der Waals surface area contributed by atoms with Gasteiger partial charge in [-0.15, -0.1) is 0 Å². The fourth-order valence-corrected chi connectivity index (χ4v) is 6.45. The Morgan fingerprint density at radius 2 is 0.660 bits per heavy atom. The van der Waals surface area contributed by atoms with Crippen LogP contribution in [0.1, 0.15) is 240 Å².